The highest BCUT2D eigenvalue weighted by Crippen LogP contribution is 2.11. The van der Waals surface area contributed by atoms with Gasteiger partial charge in [0.05, 0.1) is 5.41 Å². The van der Waals surface area contributed by atoms with E-state index in [1.54, 1.807) is 19.9 Å². The lowest BCUT2D eigenvalue weighted by atomic mass is 9.93. The van der Waals surface area contributed by atoms with Crippen LogP contribution in [0.5, 0.6) is 0 Å². The number of primary amides is 1. The molecule has 0 aromatic heterocycles. The molecule has 0 aliphatic heterocycles. The first-order valence-corrected chi connectivity index (χ1v) is 4.68. The largest absolute Gasteiger partial charge is 0.478 e. The van der Waals surface area contributed by atoms with Gasteiger partial charge in [-0.2, -0.15) is 0 Å². The molecule has 15 heavy (non-hydrogen) atoms. The van der Waals surface area contributed by atoms with Crippen LogP contribution in [0.4, 0.5) is 0 Å². The Morgan fingerprint density at radius 3 is 2.40 bits per heavy atom. The molecule has 1 amide bonds. The molecule has 5 nitrogen and oxygen atoms in total. The fraction of sp³-hybridized carbons (Fsp3) is 0.600. The average molecular weight is 214 g/mol. The van der Waals surface area contributed by atoms with Gasteiger partial charge in [0.1, 0.15) is 0 Å². The van der Waals surface area contributed by atoms with Gasteiger partial charge in [-0.1, -0.05) is 6.08 Å². The van der Waals surface area contributed by atoms with Gasteiger partial charge >= 0.3 is 5.97 Å². The molecular formula is C10H18N2O3. The summed E-state index contributed by atoms with van der Waals surface area (Å²) >= 11 is 0. The normalized spacial score (nSPS) is 12.6. The first-order chi connectivity index (χ1) is 6.77. The minimum atomic E-state index is -0.939. The van der Waals surface area contributed by atoms with E-state index in [1.165, 1.54) is 6.92 Å². The number of nitrogens with one attached hydrogen (secondary N) is 1. The molecule has 0 atom stereocenters. The van der Waals surface area contributed by atoms with E-state index in [2.05, 4.69) is 5.32 Å². The van der Waals surface area contributed by atoms with Crippen molar-refractivity contribution in [1.82, 2.24) is 5.32 Å². The molecule has 0 aliphatic rings. The Kier molecular flexibility index (Phi) is 5.00. The molecule has 0 heterocycles. The van der Waals surface area contributed by atoms with Crippen LogP contribution in [0.25, 0.3) is 0 Å². The van der Waals surface area contributed by atoms with E-state index < -0.39 is 11.4 Å². The number of hydrogen-bond acceptors (Lipinski definition) is 3. The second-order valence-corrected chi connectivity index (χ2v) is 4.07. The van der Waals surface area contributed by atoms with Crippen molar-refractivity contribution < 1.29 is 14.7 Å². The first-order valence-electron chi connectivity index (χ1n) is 4.68. The summed E-state index contributed by atoms with van der Waals surface area (Å²) in [5.41, 5.74) is 4.83. The van der Waals surface area contributed by atoms with Crippen LogP contribution in [-0.2, 0) is 9.59 Å². The fourth-order valence-electron chi connectivity index (χ4n) is 0.784. The molecule has 0 spiro atoms. The van der Waals surface area contributed by atoms with Crippen molar-refractivity contribution in [2.45, 2.75) is 20.8 Å². The lowest BCUT2D eigenvalue weighted by molar-refractivity contribution is -0.132. The van der Waals surface area contributed by atoms with Crippen molar-refractivity contribution in [1.29, 1.82) is 0 Å². The molecule has 5 heteroatoms. The summed E-state index contributed by atoms with van der Waals surface area (Å²) in [6.45, 7) is 5.82. The molecule has 4 N–H and O–H groups in total. The molecule has 0 saturated carbocycles. The van der Waals surface area contributed by atoms with Crippen LogP contribution in [0.3, 0.4) is 0 Å². The van der Waals surface area contributed by atoms with E-state index in [4.69, 9.17) is 10.8 Å². The lowest BCUT2D eigenvalue weighted by Gasteiger charge is -2.20. The van der Waals surface area contributed by atoms with Gasteiger partial charge in [0.2, 0.25) is 5.91 Å². The number of rotatable bonds is 6. The zero-order chi connectivity index (χ0) is 12.1. The monoisotopic (exact) mass is 214 g/mol. The summed E-state index contributed by atoms with van der Waals surface area (Å²) in [7, 11) is 0. The van der Waals surface area contributed by atoms with Gasteiger partial charge in [-0.05, 0) is 20.8 Å². The van der Waals surface area contributed by atoms with E-state index >= 15 is 0 Å². The first kappa shape index (κ1) is 13.6. The van der Waals surface area contributed by atoms with Crippen molar-refractivity contribution in [2.24, 2.45) is 11.1 Å². The summed E-state index contributed by atoms with van der Waals surface area (Å²) in [6, 6.07) is 0. The zero-order valence-corrected chi connectivity index (χ0v) is 9.33. The fourth-order valence-corrected chi connectivity index (χ4v) is 0.784. The second kappa shape index (κ2) is 5.50. The molecule has 0 rings (SSSR count). The smallest absolute Gasteiger partial charge is 0.330 e. The zero-order valence-electron chi connectivity index (χ0n) is 9.33. The van der Waals surface area contributed by atoms with Gasteiger partial charge in [-0.25, -0.2) is 4.79 Å². The van der Waals surface area contributed by atoms with E-state index in [0.717, 1.165) is 0 Å². The van der Waals surface area contributed by atoms with E-state index in [-0.39, 0.29) is 11.5 Å². The van der Waals surface area contributed by atoms with Crippen LogP contribution in [0.1, 0.15) is 20.8 Å². The topological polar surface area (TPSA) is 92.4 Å². The molecule has 0 aliphatic carbocycles. The summed E-state index contributed by atoms with van der Waals surface area (Å²) in [5, 5.41) is 11.5. The van der Waals surface area contributed by atoms with Gasteiger partial charge in [0.25, 0.3) is 0 Å². The van der Waals surface area contributed by atoms with Crippen LogP contribution in [0, 0.1) is 5.41 Å². The van der Waals surface area contributed by atoms with E-state index in [9.17, 15) is 9.59 Å². The van der Waals surface area contributed by atoms with Crippen LogP contribution in [-0.4, -0.2) is 30.1 Å². The number of aliphatic carboxylic acids is 1. The highest BCUT2D eigenvalue weighted by molar-refractivity contribution is 5.85. The van der Waals surface area contributed by atoms with E-state index in [0.29, 0.717) is 13.1 Å². The van der Waals surface area contributed by atoms with Crippen molar-refractivity contribution in [3.8, 4) is 0 Å². The van der Waals surface area contributed by atoms with E-state index in [1.807, 2.05) is 0 Å². The summed E-state index contributed by atoms with van der Waals surface area (Å²) in [5.74, 6) is -1.32. The number of amides is 1. The summed E-state index contributed by atoms with van der Waals surface area (Å²) in [4.78, 5) is 21.4. The predicted octanol–water partition coefficient (Wildman–Crippen LogP) is 0.118. The maximum Gasteiger partial charge on any atom is 0.330 e. The molecule has 86 valence electrons. The molecule has 0 saturated heterocycles. The third-order valence-corrected chi connectivity index (χ3v) is 2.12. The van der Waals surface area contributed by atoms with Crippen molar-refractivity contribution in [3.63, 3.8) is 0 Å². The standard InChI is InChI=1S/C10H18N2O3/c1-7(8(13)14)4-5-12-6-10(2,3)9(11)15/h4,12H,5-6H2,1-3H3,(H2,11,15)(H,13,14). The van der Waals surface area contributed by atoms with Gasteiger partial charge < -0.3 is 16.2 Å². The molecular weight excluding hydrogens is 196 g/mol. The van der Waals surface area contributed by atoms with Crippen molar-refractivity contribution >= 4 is 11.9 Å². The SMILES string of the molecule is CC(=CCNCC(C)(C)C(N)=O)C(=O)O. The van der Waals surface area contributed by atoms with Crippen LogP contribution in [0.15, 0.2) is 11.6 Å². The Morgan fingerprint density at radius 1 is 1.47 bits per heavy atom. The van der Waals surface area contributed by atoms with Gasteiger partial charge in [-0.3, -0.25) is 4.79 Å². The Hall–Kier alpha value is -1.36. The lowest BCUT2D eigenvalue weighted by Crippen LogP contribution is -2.40. The highest BCUT2D eigenvalue weighted by Gasteiger charge is 2.23. The summed E-state index contributed by atoms with van der Waals surface area (Å²) in [6.07, 6.45) is 1.55. The minimum absolute atomic E-state index is 0.277. The molecule has 0 bridgehead atoms. The molecule has 0 aromatic rings. The Labute approximate surface area is 89.3 Å². The van der Waals surface area contributed by atoms with Crippen molar-refractivity contribution in [2.75, 3.05) is 13.1 Å². The molecule has 0 fully saturated rings. The highest BCUT2D eigenvalue weighted by atomic mass is 16.4. The number of nitrogens with two attached hydrogens (primary N) is 1. The predicted molar refractivity (Wildman–Crippen MR) is 57.2 cm³/mol. The summed E-state index contributed by atoms with van der Waals surface area (Å²) < 4.78 is 0. The Bertz CT molecular complexity index is 282. The second-order valence-electron chi connectivity index (χ2n) is 4.07. The quantitative estimate of drug-likeness (QED) is 0.432. The average Bonchev–Trinajstić information content (AvgIpc) is 2.11. The minimum Gasteiger partial charge on any atom is -0.478 e. The number of carbonyl (C=O) groups excluding carboxylic acids is 1. The van der Waals surface area contributed by atoms with Crippen LogP contribution >= 0.6 is 0 Å². The third-order valence-electron chi connectivity index (χ3n) is 2.12. The number of carboxylic acid groups (broad SMARTS) is 1. The maximum absolute atomic E-state index is 10.9. The maximum atomic E-state index is 10.9. The Morgan fingerprint density at radius 2 is 2.00 bits per heavy atom. The Balaban J connectivity index is 3.96. The van der Waals surface area contributed by atoms with Crippen molar-refractivity contribution in [3.05, 3.63) is 11.6 Å². The van der Waals surface area contributed by atoms with Crippen LogP contribution < -0.4 is 11.1 Å². The molecule has 0 radical (unpaired) electrons. The van der Waals surface area contributed by atoms with Gasteiger partial charge in [0.15, 0.2) is 0 Å². The van der Waals surface area contributed by atoms with Gasteiger partial charge in [0, 0.05) is 18.7 Å². The van der Waals surface area contributed by atoms with Gasteiger partial charge in [-0.15, -0.1) is 0 Å². The third kappa shape index (κ3) is 5.17. The molecule has 0 unspecified atom stereocenters. The molecule has 0 aromatic carbocycles. The number of hydrogen-bond donors (Lipinski definition) is 3. The van der Waals surface area contributed by atoms with Crippen LogP contribution in [0.2, 0.25) is 0 Å². The number of carbonyl (C=O) groups is 2. The number of carboxylic acids is 1.